The second-order valence-electron chi connectivity index (χ2n) is 5.66. The van der Waals surface area contributed by atoms with Crippen molar-refractivity contribution in [1.82, 2.24) is 10.7 Å². The Bertz CT molecular complexity index is 841. The number of carbonyl (C=O) groups excluding carboxylic acids is 2. The largest absolute Gasteiger partial charge is 0.491 e. The minimum atomic E-state index is -0.853. The molecule has 0 saturated heterocycles. The first kappa shape index (κ1) is 21.2. The van der Waals surface area contributed by atoms with E-state index in [-0.39, 0.29) is 0 Å². The van der Waals surface area contributed by atoms with Crippen molar-refractivity contribution in [2.75, 3.05) is 20.3 Å². The number of nitrogens with zero attached hydrogens (tertiary/aromatic N) is 1. The summed E-state index contributed by atoms with van der Waals surface area (Å²) in [4.78, 5) is 23.6. The van der Waals surface area contributed by atoms with Crippen LogP contribution in [0.3, 0.4) is 0 Å². The van der Waals surface area contributed by atoms with Gasteiger partial charge in [-0.15, -0.1) is 0 Å². The van der Waals surface area contributed by atoms with Gasteiger partial charge in [0.15, 0.2) is 11.5 Å². The van der Waals surface area contributed by atoms with Crippen molar-refractivity contribution in [3.05, 3.63) is 58.6 Å². The summed E-state index contributed by atoms with van der Waals surface area (Å²) < 4.78 is 10.7. The Kier molecular flexibility index (Phi) is 8.30. The van der Waals surface area contributed by atoms with Crippen LogP contribution in [0.1, 0.15) is 18.1 Å². The van der Waals surface area contributed by atoms with Crippen molar-refractivity contribution in [2.45, 2.75) is 13.3 Å². The SMILES string of the molecule is CCOc1cc(/C=N\NC(=O)C(=O)NCCc2ccccc2)cc(Cl)c1OC. The first-order valence-electron chi connectivity index (χ1n) is 8.70. The quantitative estimate of drug-likeness (QED) is 0.402. The number of hydrogen-bond acceptors (Lipinski definition) is 5. The van der Waals surface area contributed by atoms with Gasteiger partial charge in [-0.1, -0.05) is 41.9 Å². The van der Waals surface area contributed by atoms with E-state index in [1.807, 2.05) is 37.3 Å². The molecule has 0 aliphatic carbocycles. The Morgan fingerprint density at radius 1 is 1.18 bits per heavy atom. The number of methoxy groups -OCH3 is 1. The van der Waals surface area contributed by atoms with Gasteiger partial charge in [0.25, 0.3) is 0 Å². The number of nitrogens with one attached hydrogen (secondary N) is 2. The molecule has 0 aliphatic rings. The van der Waals surface area contributed by atoms with E-state index in [4.69, 9.17) is 21.1 Å². The third kappa shape index (κ3) is 6.28. The van der Waals surface area contributed by atoms with E-state index in [2.05, 4.69) is 15.8 Å². The maximum atomic E-state index is 11.8. The molecule has 2 N–H and O–H groups in total. The summed E-state index contributed by atoms with van der Waals surface area (Å²) in [5.41, 5.74) is 3.84. The molecule has 0 atom stereocenters. The van der Waals surface area contributed by atoms with E-state index in [1.54, 1.807) is 12.1 Å². The van der Waals surface area contributed by atoms with Crippen LogP contribution in [0.5, 0.6) is 11.5 Å². The monoisotopic (exact) mass is 403 g/mol. The summed E-state index contributed by atoms with van der Waals surface area (Å²) >= 11 is 6.15. The number of hydrazone groups is 1. The van der Waals surface area contributed by atoms with E-state index in [9.17, 15) is 9.59 Å². The lowest BCUT2D eigenvalue weighted by atomic mass is 10.1. The molecule has 0 aliphatic heterocycles. The molecule has 0 unspecified atom stereocenters. The minimum absolute atomic E-state index is 0.347. The zero-order valence-corrected chi connectivity index (χ0v) is 16.5. The zero-order valence-electron chi connectivity index (χ0n) is 15.7. The Morgan fingerprint density at radius 2 is 1.93 bits per heavy atom. The molecule has 148 valence electrons. The average molecular weight is 404 g/mol. The Labute approximate surface area is 168 Å². The van der Waals surface area contributed by atoms with Crippen LogP contribution >= 0.6 is 11.6 Å². The van der Waals surface area contributed by atoms with Gasteiger partial charge in [-0.25, -0.2) is 5.43 Å². The lowest BCUT2D eigenvalue weighted by Gasteiger charge is -2.11. The molecule has 28 heavy (non-hydrogen) atoms. The molecule has 8 heteroatoms. The molecule has 2 aromatic carbocycles. The summed E-state index contributed by atoms with van der Waals surface area (Å²) in [5.74, 6) is -0.726. The summed E-state index contributed by atoms with van der Waals surface area (Å²) in [6.07, 6.45) is 2.00. The molecule has 0 saturated carbocycles. The van der Waals surface area contributed by atoms with Gasteiger partial charge in [0, 0.05) is 6.54 Å². The fourth-order valence-corrected chi connectivity index (χ4v) is 2.68. The maximum absolute atomic E-state index is 11.8. The van der Waals surface area contributed by atoms with Crippen molar-refractivity contribution in [2.24, 2.45) is 5.10 Å². The molecular weight excluding hydrogens is 382 g/mol. The highest BCUT2D eigenvalue weighted by Gasteiger charge is 2.13. The highest BCUT2D eigenvalue weighted by molar-refractivity contribution is 6.35. The predicted octanol–water partition coefficient (Wildman–Crippen LogP) is 2.56. The van der Waals surface area contributed by atoms with Crippen LogP contribution in [-0.4, -0.2) is 38.3 Å². The summed E-state index contributed by atoms with van der Waals surface area (Å²) in [6.45, 7) is 2.63. The third-order valence-electron chi connectivity index (χ3n) is 3.66. The van der Waals surface area contributed by atoms with Gasteiger partial charge in [-0.2, -0.15) is 5.10 Å². The lowest BCUT2D eigenvalue weighted by molar-refractivity contribution is -0.139. The lowest BCUT2D eigenvalue weighted by Crippen LogP contribution is -2.38. The van der Waals surface area contributed by atoms with Crippen molar-refractivity contribution in [1.29, 1.82) is 0 Å². The summed E-state index contributed by atoms with van der Waals surface area (Å²) in [7, 11) is 1.49. The van der Waals surface area contributed by atoms with E-state index >= 15 is 0 Å². The van der Waals surface area contributed by atoms with Crippen molar-refractivity contribution >= 4 is 29.6 Å². The van der Waals surface area contributed by atoms with Gasteiger partial charge in [0.05, 0.1) is 25.0 Å². The minimum Gasteiger partial charge on any atom is -0.491 e. The molecule has 0 spiro atoms. The smallest absolute Gasteiger partial charge is 0.329 e. The number of benzene rings is 2. The first-order valence-corrected chi connectivity index (χ1v) is 9.08. The fraction of sp³-hybridized carbons (Fsp3) is 0.250. The van der Waals surface area contributed by atoms with E-state index < -0.39 is 11.8 Å². The van der Waals surface area contributed by atoms with Crippen molar-refractivity contribution in [3.63, 3.8) is 0 Å². The highest BCUT2D eigenvalue weighted by Crippen LogP contribution is 2.35. The standard InChI is InChI=1S/C20H22ClN3O4/c1-3-28-17-12-15(11-16(21)18(17)27-2)13-23-24-20(26)19(25)22-10-9-14-7-5-4-6-8-14/h4-8,11-13H,3,9-10H2,1-2H3,(H,22,25)(H,24,26)/b23-13-. The molecule has 0 fully saturated rings. The normalized spacial score (nSPS) is 10.5. The molecule has 2 rings (SSSR count). The number of carbonyl (C=O) groups is 2. The molecule has 0 heterocycles. The molecule has 0 radical (unpaired) electrons. The number of ether oxygens (including phenoxy) is 2. The molecule has 2 aromatic rings. The number of rotatable bonds is 8. The van der Waals surface area contributed by atoms with Gasteiger partial charge in [-0.05, 0) is 36.6 Å². The van der Waals surface area contributed by atoms with Crippen molar-refractivity contribution < 1.29 is 19.1 Å². The second-order valence-corrected chi connectivity index (χ2v) is 6.06. The van der Waals surface area contributed by atoms with Gasteiger partial charge >= 0.3 is 11.8 Å². The Morgan fingerprint density at radius 3 is 2.61 bits per heavy atom. The van der Waals surface area contributed by atoms with E-state index in [1.165, 1.54) is 13.3 Å². The molecule has 2 amide bonds. The average Bonchev–Trinajstić information content (AvgIpc) is 2.69. The number of hydrogen-bond donors (Lipinski definition) is 2. The van der Waals surface area contributed by atoms with Crippen LogP contribution in [-0.2, 0) is 16.0 Å². The fourth-order valence-electron chi connectivity index (χ4n) is 2.39. The van der Waals surface area contributed by atoms with E-state index in [0.717, 1.165) is 5.56 Å². The van der Waals surface area contributed by atoms with Crippen LogP contribution in [0, 0.1) is 0 Å². The molecular formula is C20H22ClN3O4. The summed E-state index contributed by atoms with van der Waals surface area (Å²) in [6, 6.07) is 12.9. The van der Waals surface area contributed by atoms with Gasteiger partial charge < -0.3 is 14.8 Å². The molecule has 7 nitrogen and oxygen atoms in total. The van der Waals surface area contributed by atoms with Crippen LogP contribution in [0.15, 0.2) is 47.6 Å². The third-order valence-corrected chi connectivity index (χ3v) is 3.94. The second kappa shape index (κ2) is 10.9. The van der Waals surface area contributed by atoms with Crippen LogP contribution < -0.4 is 20.2 Å². The first-order chi connectivity index (χ1) is 13.5. The van der Waals surface area contributed by atoms with Crippen LogP contribution in [0.2, 0.25) is 5.02 Å². The molecule has 0 bridgehead atoms. The number of halogens is 1. The van der Waals surface area contributed by atoms with Crippen molar-refractivity contribution in [3.8, 4) is 11.5 Å². The highest BCUT2D eigenvalue weighted by atomic mass is 35.5. The van der Waals surface area contributed by atoms with Gasteiger partial charge in [-0.3, -0.25) is 9.59 Å². The molecule has 0 aromatic heterocycles. The van der Waals surface area contributed by atoms with Gasteiger partial charge in [0.1, 0.15) is 0 Å². The summed E-state index contributed by atoms with van der Waals surface area (Å²) in [5, 5.41) is 6.68. The maximum Gasteiger partial charge on any atom is 0.329 e. The Hall–Kier alpha value is -3.06. The Balaban J connectivity index is 1.87. The van der Waals surface area contributed by atoms with Crippen LogP contribution in [0.4, 0.5) is 0 Å². The zero-order chi connectivity index (χ0) is 20.4. The van der Waals surface area contributed by atoms with Gasteiger partial charge in [0.2, 0.25) is 0 Å². The van der Waals surface area contributed by atoms with E-state index in [0.29, 0.717) is 41.7 Å². The van der Waals surface area contributed by atoms with Crippen LogP contribution in [0.25, 0.3) is 0 Å². The number of amides is 2. The topological polar surface area (TPSA) is 89.0 Å². The predicted molar refractivity (Wildman–Crippen MR) is 108 cm³/mol.